The summed E-state index contributed by atoms with van der Waals surface area (Å²) in [6, 6.07) is 16.6. The topological polar surface area (TPSA) is 35.2 Å². The molecule has 0 aromatic heterocycles. The van der Waals surface area contributed by atoms with Crippen LogP contribution in [0.5, 0.6) is 11.5 Å². The Balaban J connectivity index is 1.27. The van der Waals surface area contributed by atoms with Crippen molar-refractivity contribution in [1.29, 1.82) is 0 Å². The van der Waals surface area contributed by atoms with Gasteiger partial charge in [-0.3, -0.25) is 0 Å². The van der Waals surface area contributed by atoms with Crippen molar-refractivity contribution in [1.82, 2.24) is 0 Å². The van der Waals surface area contributed by atoms with Gasteiger partial charge in [0.05, 0.1) is 0 Å². The SMILES string of the molecule is Nc1ccc(Oc2ccc(C34CC5CC6CC(C3)C5C6C4)cc2)cc1. The van der Waals surface area contributed by atoms with Crippen molar-refractivity contribution >= 4 is 5.69 Å². The highest BCUT2D eigenvalue weighted by atomic mass is 16.5. The third-order valence-electron chi connectivity index (χ3n) is 7.91. The summed E-state index contributed by atoms with van der Waals surface area (Å²) in [5.74, 6) is 7.03. The van der Waals surface area contributed by atoms with Gasteiger partial charge >= 0.3 is 0 Å². The lowest BCUT2D eigenvalue weighted by Crippen LogP contribution is -2.47. The van der Waals surface area contributed by atoms with Crippen molar-refractivity contribution in [3.8, 4) is 11.5 Å². The van der Waals surface area contributed by atoms with E-state index in [-0.39, 0.29) is 0 Å². The van der Waals surface area contributed by atoms with Crippen LogP contribution in [-0.2, 0) is 5.41 Å². The Morgan fingerprint density at radius 1 is 0.760 bits per heavy atom. The summed E-state index contributed by atoms with van der Waals surface area (Å²) in [5, 5.41) is 0. The molecule has 5 aliphatic rings. The van der Waals surface area contributed by atoms with Gasteiger partial charge < -0.3 is 10.5 Å². The Kier molecular flexibility index (Phi) is 2.74. The zero-order valence-corrected chi connectivity index (χ0v) is 14.5. The molecule has 2 nitrogen and oxygen atoms in total. The molecule has 0 radical (unpaired) electrons. The van der Waals surface area contributed by atoms with Gasteiger partial charge in [-0.15, -0.1) is 0 Å². The van der Waals surface area contributed by atoms with Crippen LogP contribution >= 0.6 is 0 Å². The average Bonchev–Trinajstić information content (AvgIpc) is 3.03. The maximum Gasteiger partial charge on any atom is 0.127 e. The first-order valence-electron chi connectivity index (χ1n) is 9.84. The van der Waals surface area contributed by atoms with Crippen LogP contribution in [0.2, 0.25) is 0 Å². The van der Waals surface area contributed by atoms with Crippen molar-refractivity contribution in [3.63, 3.8) is 0 Å². The predicted molar refractivity (Wildman–Crippen MR) is 99.6 cm³/mol. The fourth-order valence-corrected chi connectivity index (χ4v) is 7.28. The van der Waals surface area contributed by atoms with Gasteiger partial charge in [0.15, 0.2) is 0 Å². The van der Waals surface area contributed by atoms with E-state index in [2.05, 4.69) is 24.3 Å². The Bertz CT molecular complexity index is 793. The molecule has 2 aromatic carbocycles. The molecule has 0 heterocycles. The maximum atomic E-state index is 5.98. The lowest BCUT2D eigenvalue weighted by Gasteiger charge is -2.53. The summed E-state index contributed by atoms with van der Waals surface area (Å²) in [4.78, 5) is 0. The molecule has 6 bridgehead atoms. The number of benzene rings is 2. The zero-order chi connectivity index (χ0) is 16.6. The minimum Gasteiger partial charge on any atom is -0.457 e. The van der Waals surface area contributed by atoms with Gasteiger partial charge in [0.25, 0.3) is 0 Å². The first-order chi connectivity index (χ1) is 12.2. The van der Waals surface area contributed by atoms with Gasteiger partial charge in [0.1, 0.15) is 11.5 Å². The standard InChI is InChI=1S/C23H25NO/c24-18-3-7-20(8-4-18)25-19-5-1-17(2-6-19)23-11-15-9-14-10-16(12-23)22(15)21(14)13-23/h1-8,14-16,21-22H,9-13,24H2. The first-order valence-corrected chi connectivity index (χ1v) is 9.84. The van der Waals surface area contributed by atoms with Crippen molar-refractivity contribution in [2.45, 2.75) is 37.5 Å². The fourth-order valence-electron chi connectivity index (χ4n) is 7.28. The highest BCUT2D eigenvalue weighted by Crippen LogP contribution is 2.72. The fraction of sp³-hybridized carbons (Fsp3) is 0.478. The maximum absolute atomic E-state index is 5.98. The monoisotopic (exact) mass is 331 g/mol. The van der Waals surface area contributed by atoms with E-state index in [1.165, 1.54) is 32.1 Å². The molecule has 0 amide bonds. The van der Waals surface area contributed by atoms with Crippen LogP contribution in [0, 0.1) is 29.6 Å². The van der Waals surface area contributed by atoms with Crippen LogP contribution < -0.4 is 10.5 Å². The number of nitrogens with two attached hydrogens (primary N) is 1. The molecular weight excluding hydrogens is 306 g/mol. The van der Waals surface area contributed by atoms with Crippen LogP contribution in [0.1, 0.15) is 37.7 Å². The third-order valence-corrected chi connectivity index (χ3v) is 7.91. The molecule has 5 saturated carbocycles. The Morgan fingerprint density at radius 3 is 1.96 bits per heavy atom. The highest BCUT2D eigenvalue weighted by Gasteiger charge is 2.65. The molecule has 3 unspecified atom stereocenters. The van der Waals surface area contributed by atoms with Gasteiger partial charge in [0, 0.05) is 5.69 Å². The molecule has 2 heteroatoms. The summed E-state index contributed by atoms with van der Waals surface area (Å²) < 4.78 is 5.98. The molecule has 3 atom stereocenters. The van der Waals surface area contributed by atoms with E-state index >= 15 is 0 Å². The quantitative estimate of drug-likeness (QED) is 0.766. The number of ether oxygens (including phenoxy) is 1. The summed E-state index contributed by atoms with van der Waals surface area (Å²) in [6.07, 6.45) is 7.41. The van der Waals surface area contributed by atoms with Crippen LogP contribution in [-0.4, -0.2) is 0 Å². The average molecular weight is 331 g/mol. The van der Waals surface area contributed by atoms with Crippen LogP contribution in [0.3, 0.4) is 0 Å². The number of anilines is 1. The highest BCUT2D eigenvalue weighted by molar-refractivity contribution is 5.44. The molecule has 2 N–H and O–H groups in total. The Hall–Kier alpha value is -1.96. The zero-order valence-electron chi connectivity index (χ0n) is 14.5. The second-order valence-electron chi connectivity index (χ2n) is 9.08. The summed E-state index contributed by atoms with van der Waals surface area (Å²) >= 11 is 0. The van der Waals surface area contributed by atoms with E-state index in [4.69, 9.17) is 10.5 Å². The normalized spacial score (nSPS) is 39.9. The lowest BCUT2D eigenvalue weighted by molar-refractivity contribution is 0.0224. The van der Waals surface area contributed by atoms with E-state index in [9.17, 15) is 0 Å². The molecular formula is C23H25NO. The summed E-state index contributed by atoms with van der Waals surface area (Å²) in [7, 11) is 0. The largest absolute Gasteiger partial charge is 0.457 e. The second-order valence-corrected chi connectivity index (χ2v) is 9.08. The number of nitrogen functional groups attached to an aromatic ring is 1. The smallest absolute Gasteiger partial charge is 0.127 e. The van der Waals surface area contributed by atoms with Crippen molar-refractivity contribution in [2.75, 3.05) is 5.73 Å². The molecule has 5 fully saturated rings. The number of rotatable bonds is 3. The van der Waals surface area contributed by atoms with Gasteiger partial charge in [-0.1, -0.05) is 12.1 Å². The van der Waals surface area contributed by atoms with E-state index in [1.54, 1.807) is 5.56 Å². The van der Waals surface area contributed by atoms with Crippen LogP contribution in [0.25, 0.3) is 0 Å². The van der Waals surface area contributed by atoms with Crippen molar-refractivity contribution in [3.05, 3.63) is 54.1 Å². The van der Waals surface area contributed by atoms with Gasteiger partial charge in [0.2, 0.25) is 0 Å². The second kappa shape index (κ2) is 4.81. The molecule has 0 saturated heterocycles. The van der Waals surface area contributed by atoms with Crippen molar-refractivity contribution in [2.24, 2.45) is 29.6 Å². The number of hydrogen-bond donors (Lipinski definition) is 1. The lowest BCUT2D eigenvalue weighted by atomic mass is 9.51. The van der Waals surface area contributed by atoms with E-state index in [0.717, 1.165) is 46.8 Å². The summed E-state index contributed by atoms with van der Waals surface area (Å²) in [6.45, 7) is 0. The third kappa shape index (κ3) is 1.97. The molecule has 0 aliphatic heterocycles. The molecule has 0 spiro atoms. The van der Waals surface area contributed by atoms with Crippen LogP contribution in [0.4, 0.5) is 5.69 Å². The van der Waals surface area contributed by atoms with Crippen molar-refractivity contribution < 1.29 is 4.74 Å². The van der Waals surface area contributed by atoms with Gasteiger partial charge in [-0.25, -0.2) is 0 Å². The number of hydrogen-bond acceptors (Lipinski definition) is 2. The molecule has 5 aliphatic carbocycles. The van der Waals surface area contributed by atoms with Gasteiger partial charge in [-0.05, 0) is 109 Å². The Morgan fingerprint density at radius 2 is 1.36 bits per heavy atom. The summed E-state index contributed by atoms with van der Waals surface area (Å²) in [5.41, 5.74) is 8.55. The minimum atomic E-state index is 0.472. The van der Waals surface area contributed by atoms with Crippen LogP contribution in [0.15, 0.2) is 48.5 Å². The van der Waals surface area contributed by atoms with E-state index in [0.29, 0.717) is 5.41 Å². The Labute approximate surface area is 149 Å². The minimum absolute atomic E-state index is 0.472. The molecule has 25 heavy (non-hydrogen) atoms. The molecule has 128 valence electrons. The van der Waals surface area contributed by atoms with E-state index in [1.807, 2.05) is 24.3 Å². The van der Waals surface area contributed by atoms with Gasteiger partial charge in [-0.2, -0.15) is 0 Å². The molecule has 2 aromatic rings. The van der Waals surface area contributed by atoms with E-state index < -0.39 is 0 Å². The predicted octanol–water partition coefficient (Wildman–Crippen LogP) is 5.38. The first kappa shape index (κ1) is 14.2. The molecule has 7 rings (SSSR count).